The molecule has 1 saturated heterocycles. The minimum Gasteiger partial charge on any atom is -0.480 e. The summed E-state index contributed by atoms with van der Waals surface area (Å²) >= 11 is 0. The second-order valence-corrected chi connectivity index (χ2v) is 4.92. The number of urea groups is 1. The largest absolute Gasteiger partial charge is 0.480 e. The molecule has 1 aliphatic heterocycles. The molecule has 1 unspecified atom stereocenters. The molecule has 0 aromatic carbocycles. The van der Waals surface area contributed by atoms with Crippen molar-refractivity contribution in [3.8, 4) is 0 Å². The van der Waals surface area contributed by atoms with Crippen LogP contribution in [-0.4, -0.2) is 39.6 Å². The molecule has 108 valence electrons. The van der Waals surface area contributed by atoms with Crippen LogP contribution in [0.15, 0.2) is 24.5 Å². The number of pyridine rings is 1. The summed E-state index contributed by atoms with van der Waals surface area (Å²) in [7, 11) is 0. The predicted molar refractivity (Wildman–Crippen MR) is 73.1 cm³/mol. The molecule has 1 aromatic heterocycles. The van der Waals surface area contributed by atoms with Gasteiger partial charge in [0.1, 0.15) is 6.04 Å². The van der Waals surface area contributed by atoms with Crippen LogP contribution in [0.4, 0.5) is 4.79 Å². The van der Waals surface area contributed by atoms with E-state index in [9.17, 15) is 14.7 Å². The fourth-order valence-corrected chi connectivity index (χ4v) is 2.39. The topological polar surface area (TPSA) is 82.5 Å². The highest BCUT2D eigenvalue weighted by atomic mass is 16.4. The number of carbonyl (C=O) groups is 2. The fourth-order valence-electron chi connectivity index (χ4n) is 2.39. The summed E-state index contributed by atoms with van der Waals surface area (Å²) in [5, 5.41) is 12.0. The Morgan fingerprint density at radius 2 is 2.25 bits per heavy atom. The second-order valence-electron chi connectivity index (χ2n) is 4.92. The number of nitrogens with one attached hydrogen (secondary N) is 1. The maximum atomic E-state index is 12.2. The van der Waals surface area contributed by atoms with E-state index in [0.717, 1.165) is 24.8 Å². The maximum Gasteiger partial charge on any atom is 0.326 e. The van der Waals surface area contributed by atoms with Crippen LogP contribution in [0.1, 0.15) is 31.2 Å². The van der Waals surface area contributed by atoms with E-state index in [4.69, 9.17) is 0 Å². The summed E-state index contributed by atoms with van der Waals surface area (Å²) in [5.74, 6) is -0.927. The van der Waals surface area contributed by atoms with Crippen molar-refractivity contribution in [2.24, 2.45) is 0 Å². The number of hydrogen-bond acceptors (Lipinski definition) is 3. The van der Waals surface area contributed by atoms with E-state index in [1.807, 2.05) is 6.07 Å². The van der Waals surface area contributed by atoms with Crippen molar-refractivity contribution in [1.82, 2.24) is 15.2 Å². The van der Waals surface area contributed by atoms with Gasteiger partial charge in [-0.3, -0.25) is 4.98 Å². The van der Waals surface area contributed by atoms with Crippen molar-refractivity contribution in [3.05, 3.63) is 30.1 Å². The van der Waals surface area contributed by atoms with E-state index >= 15 is 0 Å². The van der Waals surface area contributed by atoms with E-state index in [1.165, 1.54) is 4.90 Å². The minimum atomic E-state index is -0.927. The van der Waals surface area contributed by atoms with E-state index < -0.39 is 12.0 Å². The zero-order chi connectivity index (χ0) is 14.4. The molecule has 1 fully saturated rings. The van der Waals surface area contributed by atoms with Gasteiger partial charge in [-0.15, -0.1) is 0 Å². The molecular formula is C14H19N3O3. The highest BCUT2D eigenvalue weighted by molar-refractivity contribution is 5.82. The molecule has 0 radical (unpaired) electrons. The molecule has 2 rings (SSSR count). The number of carboxylic acid groups (broad SMARTS) is 1. The molecular weight excluding hydrogens is 258 g/mol. The first kappa shape index (κ1) is 14.3. The van der Waals surface area contributed by atoms with E-state index in [1.54, 1.807) is 18.5 Å². The molecule has 2 amide bonds. The van der Waals surface area contributed by atoms with Crippen molar-refractivity contribution in [2.75, 3.05) is 6.54 Å². The first-order valence-electron chi connectivity index (χ1n) is 6.84. The fraction of sp³-hybridized carbons (Fsp3) is 0.500. The normalized spacial score (nSPS) is 19.2. The molecule has 0 saturated carbocycles. The quantitative estimate of drug-likeness (QED) is 0.879. The molecule has 1 aliphatic rings. The van der Waals surface area contributed by atoms with Gasteiger partial charge < -0.3 is 15.3 Å². The van der Waals surface area contributed by atoms with Crippen LogP contribution in [0.2, 0.25) is 0 Å². The van der Waals surface area contributed by atoms with E-state index in [0.29, 0.717) is 19.5 Å². The molecule has 20 heavy (non-hydrogen) atoms. The molecule has 6 heteroatoms. The highest BCUT2D eigenvalue weighted by Gasteiger charge is 2.30. The van der Waals surface area contributed by atoms with Gasteiger partial charge >= 0.3 is 12.0 Å². The zero-order valence-electron chi connectivity index (χ0n) is 11.3. The summed E-state index contributed by atoms with van der Waals surface area (Å²) < 4.78 is 0. The Morgan fingerprint density at radius 3 is 2.95 bits per heavy atom. The Balaban J connectivity index is 1.96. The Bertz CT molecular complexity index is 464. The lowest BCUT2D eigenvalue weighted by atomic mass is 10.1. The van der Waals surface area contributed by atoms with Gasteiger partial charge in [-0.2, -0.15) is 0 Å². The third kappa shape index (κ3) is 3.69. The zero-order valence-corrected chi connectivity index (χ0v) is 11.3. The summed E-state index contributed by atoms with van der Waals surface area (Å²) in [5.41, 5.74) is 0.891. The van der Waals surface area contributed by atoms with Crippen LogP contribution in [-0.2, 0) is 11.3 Å². The van der Waals surface area contributed by atoms with Gasteiger partial charge in [0.2, 0.25) is 0 Å². The Labute approximate surface area is 117 Å². The average Bonchev–Trinajstić information content (AvgIpc) is 2.71. The SMILES string of the molecule is O=C(O)C1CCCCCN1C(=O)NCc1cccnc1. The number of aliphatic carboxylic acids is 1. The van der Waals surface area contributed by atoms with Crippen LogP contribution in [0.25, 0.3) is 0 Å². The van der Waals surface area contributed by atoms with Gasteiger partial charge in [-0.25, -0.2) is 9.59 Å². The number of aromatic nitrogens is 1. The van der Waals surface area contributed by atoms with Gasteiger partial charge in [0.05, 0.1) is 0 Å². The average molecular weight is 277 g/mol. The van der Waals surface area contributed by atoms with Gasteiger partial charge in [-0.05, 0) is 24.5 Å². The number of hydrogen-bond donors (Lipinski definition) is 2. The van der Waals surface area contributed by atoms with Gasteiger partial charge in [0.15, 0.2) is 0 Å². The number of amides is 2. The van der Waals surface area contributed by atoms with Crippen molar-refractivity contribution in [2.45, 2.75) is 38.3 Å². The van der Waals surface area contributed by atoms with Crippen LogP contribution < -0.4 is 5.32 Å². The number of likely N-dealkylation sites (tertiary alicyclic amines) is 1. The lowest BCUT2D eigenvalue weighted by Gasteiger charge is -2.27. The first-order valence-corrected chi connectivity index (χ1v) is 6.84. The lowest BCUT2D eigenvalue weighted by molar-refractivity contribution is -0.142. The Morgan fingerprint density at radius 1 is 1.40 bits per heavy atom. The van der Waals surface area contributed by atoms with Gasteiger partial charge in [0.25, 0.3) is 0 Å². The van der Waals surface area contributed by atoms with Crippen LogP contribution in [0.5, 0.6) is 0 Å². The van der Waals surface area contributed by atoms with Crippen LogP contribution in [0, 0.1) is 0 Å². The Hall–Kier alpha value is -2.11. The molecule has 0 spiro atoms. The first-order chi connectivity index (χ1) is 9.68. The predicted octanol–water partition coefficient (Wildman–Crippen LogP) is 1.62. The third-order valence-electron chi connectivity index (χ3n) is 3.47. The second kappa shape index (κ2) is 6.88. The summed E-state index contributed by atoms with van der Waals surface area (Å²) in [6.07, 6.45) is 6.54. The Kier molecular flexibility index (Phi) is 4.92. The molecule has 6 nitrogen and oxygen atoms in total. The maximum absolute atomic E-state index is 12.2. The van der Waals surface area contributed by atoms with Crippen molar-refractivity contribution in [3.63, 3.8) is 0 Å². The van der Waals surface area contributed by atoms with Gasteiger partial charge in [0, 0.05) is 25.5 Å². The highest BCUT2D eigenvalue weighted by Crippen LogP contribution is 2.17. The van der Waals surface area contributed by atoms with Crippen LogP contribution >= 0.6 is 0 Å². The number of nitrogens with zero attached hydrogens (tertiary/aromatic N) is 2. The van der Waals surface area contributed by atoms with Gasteiger partial charge in [-0.1, -0.05) is 18.9 Å². The molecule has 1 aromatic rings. The number of carbonyl (C=O) groups excluding carboxylic acids is 1. The monoisotopic (exact) mass is 277 g/mol. The van der Waals surface area contributed by atoms with Crippen molar-refractivity contribution in [1.29, 1.82) is 0 Å². The standard InChI is InChI=1S/C14H19N3O3/c18-13(19)12-6-2-1-3-8-17(12)14(20)16-10-11-5-4-7-15-9-11/h4-5,7,9,12H,1-3,6,8,10H2,(H,16,20)(H,18,19). The molecule has 0 bridgehead atoms. The van der Waals surface area contributed by atoms with Crippen LogP contribution in [0.3, 0.4) is 0 Å². The van der Waals surface area contributed by atoms with E-state index in [2.05, 4.69) is 10.3 Å². The summed E-state index contributed by atoms with van der Waals surface area (Å²) in [4.78, 5) is 28.8. The van der Waals surface area contributed by atoms with Crippen molar-refractivity contribution >= 4 is 12.0 Å². The van der Waals surface area contributed by atoms with E-state index in [-0.39, 0.29) is 6.03 Å². The summed E-state index contributed by atoms with van der Waals surface area (Å²) in [6, 6.07) is 2.63. The summed E-state index contributed by atoms with van der Waals surface area (Å²) in [6.45, 7) is 0.853. The lowest BCUT2D eigenvalue weighted by Crippen LogP contribution is -2.49. The number of carboxylic acids is 1. The molecule has 2 N–H and O–H groups in total. The van der Waals surface area contributed by atoms with Crippen molar-refractivity contribution < 1.29 is 14.7 Å². The number of rotatable bonds is 3. The molecule has 2 heterocycles. The molecule has 0 aliphatic carbocycles. The third-order valence-corrected chi connectivity index (χ3v) is 3.47. The molecule has 1 atom stereocenters. The minimum absolute atomic E-state index is 0.317. The smallest absolute Gasteiger partial charge is 0.326 e.